The van der Waals surface area contributed by atoms with Crippen molar-refractivity contribution >= 4 is 5.78 Å². The number of carbonyl (C=O) groups is 1. The zero-order valence-corrected chi connectivity index (χ0v) is 8.75. The predicted molar refractivity (Wildman–Crippen MR) is 56.6 cm³/mol. The second kappa shape index (κ2) is 5.55. The van der Waals surface area contributed by atoms with E-state index in [4.69, 9.17) is 4.74 Å². The lowest BCUT2D eigenvalue weighted by molar-refractivity contribution is 0.0895. The van der Waals surface area contributed by atoms with Gasteiger partial charge < -0.3 is 4.74 Å². The highest BCUT2D eigenvalue weighted by atomic mass is 16.5. The topological polar surface area (TPSA) is 26.3 Å². The van der Waals surface area contributed by atoms with Gasteiger partial charge >= 0.3 is 0 Å². The first-order valence-corrected chi connectivity index (χ1v) is 4.92. The van der Waals surface area contributed by atoms with Gasteiger partial charge in [-0.3, -0.25) is 4.79 Å². The predicted octanol–water partition coefficient (Wildman–Crippen LogP) is 2.60. The van der Waals surface area contributed by atoms with Crippen LogP contribution < -0.4 is 0 Å². The van der Waals surface area contributed by atoms with Crippen LogP contribution in [0.5, 0.6) is 0 Å². The first-order valence-electron chi connectivity index (χ1n) is 4.92. The smallest absolute Gasteiger partial charge is 0.165 e. The normalized spacial score (nSPS) is 10.1. The Balaban J connectivity index is 2.56. The van der Waals surface area contributed by atoms with E-state index in [0.717, 1.165) is 11.1 Å². The van der Waals surface area contributed by atoms with Gasteiger partial charge in [-0.1, -0.05) is 24.3 Å². The minimum absolute atomic E-state index is 0.163. The quantitative estimate of drug-likeness (QED) is 0.529. The second-order valence-corrected chi connectivity index (χ2v) is 3.19. The molecule has 1 aromatic carbocycles. The zero-order chi connectivity index (χ0) is 10.4. The molecular weight excluding hydrogens is 176 g/mol. The van der Waals surface area contributed by atoms with Crippen molar-refractivity contribution in [1.82, 2.24) is 0 Å². The van der Waals surface area contributed by atoms with E-state index < -0.39 is 0 Å². The third-order valence-corrected chi connectivity index (χ3v) is 2.12. The van der Waals surface area contributed by atoms with E-state index in [1.54, 1.807) is 0 Å². The number of carbonyl (C=O) groups excluding carboxylic acids is 1. The van der Waals surface area contributed by atoms with Crippen molar-refractivity contribution in [3.63, 3.8) is 0 Å². The van der Waals surface area contributed by atoms with Crippen molar-refractivity contribution in [3.05, 3.63) is 35.4 Å². The van der Waals surface area contributed by atoms with Crippen LogP contribution in [0.2, 0.25) is 0 Å². The molecule has 0 aliphatic carbocycles. The fourth-order valence-electron chi connectivity index (χ4n) is 1.33. The molecule has 2 nitrogen and oxygen atoms in total. The number of hydrogen-bond donors (Lipinski definition) is 0. The van der Waals surface area contributed by atoms with E-state index in [0.29, 0.717) is 19.6 Å². The first kappa shape index (κ1) is 10.9. The Morgan fingerprint density at radius 2 is 2.07 bits per heavy atom. The highest BCUT2D eigenvalue weighted by Crippen LogP contribution is 2.09. The van der Waals surface area contributed by atoms with Gasteiger partial charge in [-0.2, -0.15) is 0 Å². The van der Waals surface area contributed by atoms with E-state index >= 15 is 0 Å². The molecule has 1 rings (SSSR count). The summed E-state index contributed by atoms with van der Waals surface area (Å²) in [4.78, 5) is 11.7. The van der Waals surface area contributed by atoms with Crippen LogP contribution >= 0.6 is 0 Å². The van der Waals surface area contributed by atoms with Crippen LogP contribution in [0.25, 0.3) is 0 Å². The number of aryl methyl sites for hydroxylation is 1. The van der Waals surface area contributed by atoms with Crippen LogP contribution in [0, 0.1) is 6.92 Å². The molecule has 0 atom stereocenters. The molecule has 2 heteroatoms. The molecule has 1 aromatic rings. The number of ether oxygens (including phenoxy) is 1. The van der Waals surface area contributed by atoms with Crippen LogP contribution in [-0.4, -0.2) is 19.0 Å². The van der Waals surface area contributed by atoms with Gasteiger partial charge in [0.05, 0.1) is 6.61 Å². The summed E-state index contributed by atoms with van der Waals surface area (Å²) < 4.78 is 5.14. The Labute approximate surface area is 84.9 Å². The van der Waals surface area contributed by atoms with Crippen molar-refractivity contribution in [2.24, 2.45) is 0 Å². The van der Waals surface area contributed by atoms with Gasteiger partial charge in [0.15, 0.2) is 5.78 Å². The lowest BCUT2D eigenvalue weighted by atomic mass is 10.0. The first-order chi connectivity index (χ1) is 6.75. The van der Waals surface area contributed by atoms with Crippen LogP contribution in [0.1, 0.15) is 29.3 Å². The van der Waals surface area contributed by atoms with Crippen LogP contribution in [-0.2, 0) is 4.74 Å². The van der Waals surface area contributed by atoms with Crippen molar-refractivity contribution < 1.29 is 9.53 Å². The standard InChI is InChI=1S/C12H16O2/c1-3-14-9-8-12(13)11-7-5-4-6-10(11)2/h4-7H,3,8-9H2,1-2H3. The summed E-state index contributed by atoms with van der Waals surface area (Å²) in [7, 11) is 0. The number of rotatable bonds is 5. The fourth-order valence-corrected chi connectivity index (χ4v) is 1.33. The number of ketones is 1. The molecule has 0 spiro atoms. The molecule has 0 bridgehead atoms. The highest BCUT2D eigenvalue weighted by Gasteiger charge is 2.07. The molecule has 0 saturated carbocycles. The molecule has 0 aliphatic heterocycles. The minimum atomic E-state index is 0.163. The maximum Gasteiger partial charge on any atom is 0.165 e. The van der Waals surface area contributed by atoms with E-state index in [1.165, 1.54) is 0 Å². The average Bonchev–Trinajstić information content (AvgIpc) is 2.18. The summed E-state index contributed by atoms with van der Waals surface area (Å²) in [5, 5.41) is 0. The molecule has 0 heterocycles. The third-order valence-electron chi connectivity index (χ3n) is 2.12. The summed E-state index contributed by atoms with van der Waals surface area (Å²) >= 11 is 0. The number of Topliss-reactive ketones (excluding diaryl/α,β-unsaturated/α-hetero) is 1. The summed E-state index contributed by atoms with van der Waals surface area (Å²) in [5.74, 6) is 0.163. The molecule has 0 radical (unpaired) electrons. The molecule has 0 aromatic heterocycles. The van der Waals surface area contributed by atoms with Crippen molar-refractivity contribution in [1.29, 1.82) is 0 Å². The summed E-state index contributed by atoms with van der Waals surface area (Å²) in [6, 6.07) is 7.65. The maximum absolute atomic E-state index is 11.7. The van der Waals surface area contributed by atoms with Gasteiger partial charge in [0.25, 0.3) is 0 Å². The number of benzene rings is 1. The van der Waals surface area contributed by atoms with Gasteiger partial charge in [-0.25, -0.2) is 0 Å². The summed E-state index contributed by atoms with van der Waals surface area (Å²) in [5.41, 5.74) is 1.85. The van der Waals surface area contributed by atoms with Crippen molar-refractivity contribution in [3.8, 4) is 0 Å². The van der Waals surface area contributed by atoms with Crippen LogP contribution in [0.4, 0.5) is 0 Å². The molecule has 0 amide bonds. The van der Waals surface area contributed by atoms with Crippen molar-refractivity contribution in [2.75, 3.05) is 13.2 Å². The molecule has 0 saturated heterocycles. The SMILES string of the molecule is CCOCCC(=O)c1ccccc1C. The van der Waals surface area contributed by atoms with E-state index in [-0.39, 0.29) is 5.78 Å². The van der Waals surface area contributed by atoms with Crippen LogP contribution in [0.3, 0.4) is 0 Å². The second-order valence-electron chi connectivity index (χ2n) is 3.19. The molecular formula is C12H16O2. The van der Waals surface area contributed by atoms with Gasteiger partial charge in [0.2, 0.25) is 0 Å². The molecule has 0 fully saturated rings. The zero-order valence-electron chi connectivity index (χ0n) is 8.75. The number of hydrogen-bond acceptors (Lipinski definition) is 2. The summed E-state index contributed by atoms with van der Waals surface area (Å²) in [6.45, 7) is 5.07. The monoisotopic (exact) mass is 192 g/mol. The summed E-state index contributed by atoms with van der Waals surface area (Å²) in [6.07, 6.45) is 0.471. The molecule has 76 valence electrons. The lowest BCUT2D eigenvalue weighted by Crippen LogP contribution is -2.06. The molecule has 0 aliphatic rings. The van der Waals surface area contributed by atoms with Gasteiger partial charge in [0, 0.05) is 18.6 Å². The molecule has 14 heavy (non-hydrogen) atoms. The minimum Gasteiger partial charge on any atom is -0.381 e. The Morgan fingerprint density at radius 3 is 2.71 bits per heavy atom. The van der Waals surface area contributed by atoms with Crippen molar-refractivity contribution in [2.45, 2.75) is 20.3 Å². The van der Waals surface area contributed by atoms with Gasteiger partial charge in [-0.05, 0) is 19.4 Å². The Bertz CT molecular complexity index is 305. The third kappa shape index (κ3) is 2.96. The van der Waals surface area contributed by atoms with Gasteiger partial charge in [-0.15, -0.1) is 0 Å². The highest BCUT2D eigenvalue weighted by molar-refractivity contribution is 5.97. The van der Waals surface area contributed by atoms with Crippen LogP contribution in [0.15, 0.2) is 24.3 Å². The largest absolute Gasteiger partial charge is 0.381 e. The Morgan fingerprint density at radius 1 is 1.36 bits per heavy atom. The maximum atomic E-state index is 11.7. The Kier molecular flexibility index (Phi) is 4.33. The average molecular weight is 192 g/mol. The van der Waals surface area contributed by atoms with E-state index in [9.17, 15) is 4.79 Å². The molecule has 0 N–H and O–H groups in total. The van der Waals surface area contributed by atoms with E-state index in [1.807, 2.05) is 38.1 Å². The van der Waals surface area contributed by atoms with E-state index in [2.05, 4.69) is 0 Å². The molecule has 0 unspecified atom stereocenters. The lowest BCUT2D eigenvalue weighted by Gasteiger charge is -2.04. The van der Waals surface area contributed by atoms with Gasteiger partial charge in [0.1, 0.15) is 0 Å². The Hall–Kier alpha value is -1.15. The fraction of sp³-hybridized carbons (Fsp3) is 0.417.